The summed E-state index contributed by atoms with van der Waals surface area (Å²) in [5.41, 5.74) is -2.42. The molecule has 23 heavy (non-hydrogen) atoms. The van der Waals surface area contributed by atoms with Gasteiger partial charge in [-0.05, 0) is 34.1 Å². The summed E-state index contributed by atoms with van der Waals surface area (Å²) >= 11 is 0. The van der Waals surface area contributed by atoms with Crippen LogP contribution >= 0.6 is 0 Å². The van der Waals surface area contributed by atoms with Crippen LogP contribution in [0.4, 0.5) is 4.79 Å². The SMILES string of the molecule is CCOC(=O)[C@@H]1C[C@H]1n1ccc(=O)n(C(=O)OC(C)(C)C)c1=O. The van der Waals surface area contributed by atoms with E-state index in [0.29, 0.717) is 11.0 Å². The first-order valence-corrected chi connectivity index (χ1v) is 7.40. The molecule has 1 heterocycles. The Morgan fingerprint density at radius 3 is 2.52 bits per heavy atom. The highest BCUT2D eigenvalue weighted by Gasteiger charge is 2.46. The van der Waals surface area contributed by atoms with Gasteiger partial charge in [-0.2, -0.15) is 4.57 Å². The first kappa shape index (κ1) is 17.0. The average Bonchev–Trinajstić information content (AvgIpc) is 3.17. The maximum atomic E-state index is 12.4. The monoisotopic (exact) mass is 324 g/mol. The molecule has 1 fully saturated rings. The molecule has 126 valence electrons. The summed E-state index contributed by atoms with van der Waals surface area (Å²) in [6.45, 7) is 6.86. The van der Waals surface area contributed by atoms with Gasteiger partial charge in [-0.3, -0.25) is 14.2 Å². The minimum Gasteiger partial charge on any atom is -0.466 e. The molecule has 1 aliphatic rings. The number of hydrogen-bond donors (Lipinski definition) is 0. The van der Waals surface area contributed by atoms with Crippen molar-refractivity contribution in [1.29, 1.82) is 0 Å². The molecule has 2 rings (SSSR count). The van der Waals surface area contributed by atoms with Crippen molar-refractivity contribution in [2.24, 2.45) is 5.92 Å². The molecule has 0 N–H and O–H groups in total. The van der Waals surface area contributed by atoms with E-state index in [1.807, 2.05) is 0 Å². The van der Waals surface area contributed by atoms with Crippen LogP contribution < -0.4 is 11.2 Å². The van der Waals surface area contributed by atoms with E-state index in [4.69, 9.17) is 9.47 Å². The van der Waals surface area contributed by atoms with Gasteiger partial charge in [-0.25, -0.2) is 9.59 Å². The quantitative estimate of drug-likeness (QED) is 0.767. The fourth-order valence-corrected chi connectivity index (χ4v) is 2.21. The summed E-state index contributed by atoms with van der Waals surface area (Å²) < 4.78 is 11.6. The molecule has 0 aliphatic heterocycles. The molecule has 1 saturated carbocycles. The molecule has 0 spiro atoms. The molecule has 8 heteroatoms. The zero-order valence-corrected chi connectivity index (χ0v) is 13.6. The van der Waals surface area contributed by atoms with E-state index >= 15 is 0 Å². The molecular formula is C15H20N2O6. The Balaban J connectivity index is 2.31. The predicted octanol–water partition coefficient (Wildman–Crippen LogP) is 0.917. The standard InChI is InChI=1S/C15H20N2O6/c1-5-22-12(19)9-8-10(9)16-7-6-11(18)17(13(16)20)14(21)23-15(2,3)4/h6-7,9-10H,5,8H2,1-4H3/t9-,10-/m1/s1. The van der Waals surface area contributed by atoms with Gasteiger partial charge < -0.3 is 9.47 Å². The number of nitrogens with zero attached hydrogens (tertiary/aromatic N) is 2. The van der Waals surface area contributed by atoms with Crippen molar-refractivity contribution < 1.29 is 19.1 Å². The van der Waals surface area contributed by atoms with Crippen molar-refractivity contribution in [3.05, 3.63) is 33.1 Å². The summed E-state index contributed by atoms with van der Waals surface area (Å²) in [6, 6.07) is 0.696. The lowest BCUT2D eigenvalue weighted by molar-refractivity contribution is -0.144. The number of carbonyl (C=O) groups is 2. The summed E-state index contributed by atoms with van der Waals surface area (Å²) in [6.07, 6.45) is 0.691. The van der Waals surface area contributed by atoms with Crippen molar-refractivity contribution in [1.82, 2.24) is 9.13 Å². The Kier molecular flexibility index (Phi) is 4.44. The van der Waals surface area contributed by atoms with Crippen LogP contribution in [-0.2, 0) is 14.3 Å². The molecular weight excluding hydrogens is 304 g/mol. The summed E-state index contributed by atoms with van der Waals surface area (Å²) in [5.74, 6) is -0.823. The predicted molar refractivity (Wildman–Crippen MR) is 80.4 cm³/mol. The Morgan fingerprint density at radius 1 is 1.30 bits per heavy atom. The molecule has 0 aromatic carbocycles. The maximum Gasteiger partial charge on any atom is 0.425 e. The first-order valence-electron chi connectivity index (χ1n) is 7.40. The zero-order valence-electron chi connectivity index (χ0n) is 13.6. The third-order valence-corrected chi connectivity index (χ3v) is 3.29. The van der Waals surface area contributed by atoms with Gasteiger partial charge in [0.05, 0.1) is 18.6 Å². The number of carbonyl (C=O) groups excluding carboxylic acids is 2. The van der Waals surface area contributed by atoms with Gasteiger partial charge >= 0.3 is 17.8 Å². The minimum atomic E-state index is -1.03. The fourth-order valence-electron chi connectivity index (χ4n) is 2.21. The van der Waals surface area contributed by atoms with Gasteiger partial charge in [0.25, 0.3) is 5.56 Å². The molecule has 0 radical (unpaired) electrons. The van der Waals surface area contributed by atoms with E-state index in [-0.39, 0.29) is 12.6 Å². The average molecular weight is 324 g/mol. The largest absolute Gasteiger partial charge is 0.466 e. The van der Waals surface area contributed by atoms with Crippen molar-refractivity contribution in [2.45, 2.75) is 45.8 Å². The van der Waals surface area contributed by atoms with Crippen molar-refractivity contribution in [3.63, 3.8) is 0 Å². The Morgan fingerprint density at radius 2 is 1.96 bits per heavy atom. The van der Waals surface area contributed by atoms with E-state index in [0.717, 1.165) is 6.07 Å². The lowest BCUT2D eigenvalue weighted by Crippen LogP contribution is -2.45. The molecule has 2 atom stereocenters. The van der Waals surface area contributed by atoms with Crippen LogP contribution in [0.15, 0.2) is 21.9 Å². The van der Waals surface area contributed by atoms with E-state index in [2.05, 4.69) is 0 Å². The van der Waals surface area contributed by atoms with Gasteiger partial charge in [-0.1, -0.05) is 0 Å². The van der Waals surface area contributed by atoms with Crippen molar-refractivity contribution in [2.75, 3.05) is 6.61 Å². The minimum absolute atomic E-state index is 0.258. The Labute approximate surface area is 132 Å². The van der Waals surface area contributed by atoms with Crippen molar-refractivity contribution in [3.8, 4) is 0 Å². The smallest absolute Gasteiger partial charge is 0.425 e. The van der Waals surface area contributed by atoms with E-state index in [9.17, 15) is 19.2 Å². The lowest BCUT2D eigenvalue weighted by atomic mass is 10.2. The molecule has 0 bridgehead atoms. The summed E-state index contributed by atoms with van der Waals surface area (Å²) in [4.78, 5) is 48.0. The molecule has 0 amide bonds. The second-order valence-electron chi connectivity index (χ2n) is 6.32. The number of esters is 1. The highest BCUT2D eigenvalue weighted by Crippen LogP contribution is 2.43. The Hall–Kier alpha value is -2.38. The highest BCUT2D eigenvalue weighted by atomic mass is 16.6. The van der Waals surface area contributed by atoms with Gasteiger partial charge in [0, 0.05) is 12.3 Å². The second kappa shape index (κ2) is 6.02. The zero-order chi connectivity index (χ0) is 17.4. The van der Waals surface area contributed by atoms with Gasteiger partial charge in [0.15, 0.2) is 0 Å². The first-order chi connectivity index (χ1) is 10.7. The van der Waals surface area contributed by atoms with Crippen LogP contribution in [-0.4, -0.2) is 33.4 Å². The van der Waals surface area contributed by atoms with E-state index < -0.39 is 34.9 Å². The normalized spacial score (nSPS) is 20.0. The molecule has 0 unspecified atom stereocenters. The molecule has 0 saturated heterocycles. The van der Waals surface area contributed by atoms with Crippen LogP contribution in [0, 0.1) is 5.92 Å². The van der Waals surface area contributed by atoms with Crippen LogP contribution in [0.5, 0.6) is 0 Å². The summed E-state index contributed by atoms with van der Waals surface area (Å²) in [7, 11) is 0. The van der Waals surface area contributed by atoms with Crippen LogP contribution in [0.1, 0.15) is 40.2 Å². The number of rotatable bonds is 3. The van der Waals surface area contributed by atoms with Gasteiger partial charge in [0.2, 0.25) is 0 Å². The number of ether oxygens (including phenoxy) is 2. The van der Waals surface area contributed by atoms with E-state index in [1.165, 1.54) is 10.8 Å². The number of hydrogen-bond acceptors (Lipinski definition) is 6. The molecule has 1 aromatic heterocycles. The van der Waals surface area contributed by atoms with Gasteiger partial charge in [0.1, 0.15) is 5.60 Å². The second-order valence-corrected chi connectivity index (χ2v) is 6.32. The van der Waals surface area contributed by atoms with Gasteiger partial charge in [-0.15, -0.1) is 0 Å². The van der Waals surface area contributed by atoms with Crippen molar-refractivity contribution >= 4 is 12.1 Å². The van der Waals surface area contributed by atoms with Crippen LogP contribution in [0.2, 0.25) is 0 Å². The lowest BCUT2D eigenvalue weighted by Gasteiger charge is -2.19. The Bertz CT molecular complexity index is 740. The molecule has 1 aromatic rings. The molecule has 8 nitrogen and oxygen atoms in total. The fraction of sp³-hybridized carbons (Fsp3) is 0.600. The maximum absolute atomic E-state index is 12.4. The highest BCUT2D eigenvalue weighted by molar-refractivity contribution is 5.76. The molecule has 1 aliphatic carbocycles. The third kappa shape index (κ3) is 3.69. The topological polar surface area (TPSA) is 96.6 Å². The summed E-state index contributed by atoms with van der Waals surface area (Å²) in [5, 5.41) is 0. The number of aromatic nitrogens is 2. The van der Waals surface area contributed by atoms with E-state index in [1.54, 1.807) is 27.7 Å². The third-order valence-electron chi connectivity index (χ3n) is 3.29. The van der Waals surface area contributed by atoms with Crippen LogP contribution in [0.25, 0.3) is 0 Å². The van der Waals surface area contributed by atoms with Crippen LogP contribution in [0.3, 0.4) is 0 Å².